The third-order valence-electron chi connectivity index (χ3n) is 3.46. The molecule has 1 saturated carbocycles. The van der Waals surface area contributed by atoms with E-state index in [9.17, 15) is 9.90 Å². The molecule has 2 rings (SSSR count). The molecule has 1 aliphatic rings. The number of ether oxygens (including phenoxy) is 1. The Labute approximate surface area is 120 Å². The number of hydrogen-bond acceptors (Lipinski definition) is 3. The standard InChI is InChI=1S/C14H17BrO4/c15-12-5-4-10(8-11(12)13(16)17)19-9-14(18)6-2-1-3-7-14/h4-5,8,18H,1-3,6-7,9H2,(H,16,17). The molecule has 1 aliphatic carbocycles. The van der Waals surface area contributed by atoms with Gasteiger partial charge in [-0.1, -0.05) is 19.3 Å². The molecule has 0 radical (unpaired) electrons. The number of benzene rings is 1. The maximum absolute atomic E-state index is 11.0. The highest BCUT2D eigenvalue weighted by molar-refractivity contribution is 9.10. The fourth-order valence-electron chi connectivity index (χ4n) is 2.33. The quantitative estimate of drug-likeness (QED) is 0.890. The van der Waals surface area contributed by atoms with E-state index in [4.69, 9.17) is 9.84 Å². The molecule has 1 aromatic carbocycles. The molecular formula is C14H17BrO4. The van der Waals surface area contributed by atoms with Gasteiger partial charge in [-0.05, 0) is 47.0 Å². The number of aliphatic hydroxyl groups is 1. The Balaban J connectivity index is 2.03. The lowest BCUT2D eigenvalue weighted by Crippen LogP contribution is -2.37. The van der Waals surface area contributed by atoms with E-state index in [1.54, 1.807) is 12.1 Å². The molecule has 1 aromatic rings. The smallest absolute Gasteiger partial charge is 0.336 e. The van der Waals surface area contributed by atoms with Gasteiger partial charge in [0.05, 0.1) is 11.2 Å². The van der Waals surface area contributed by atoms with Crippen LogP contribution >= 0.6 is 15.9 Å². The Kier molecular flexibility index (Phi) is 4.47. The lowest BCUT2D eigenvalue weighted by molar-refractivity contribution is -0.0339. The number of rotatable bonds is 4. The lowest BCUT2D eigenvalue weighted by atomic mass is 9.85. The molecule has 104 valence electrons. The second kappa shape index (κ2) is 5.92. The van der Waals surface area contributed by atoms with E-state index in [1.807, 2.05) is 0 Å². The summed E-state index contributed by atoms with van der Waals surface area (Å²) in [6, 6.07) is 4.81. The molecule has 5 heteroatoms. The van der Waals surface area contributed by atoms with Crippen LogP contribution in [0.15, 0.2) is 22.7 Å². The molecule has 0 bridgehead atoms. The van der Waals surface area contributed by atoms with Gasteiger partial charge in [0.15, 0.2) is 0 Å². The van der Waals surface area contributed by atoms with Gasteiger partial charge in [-0.15, -0.1) is 0 Å². The number of hydrogen-bond donors (Lipinski definition) is 2. The van der Waals surface area contributed by atoms with Crippen molar-refractivity contribution in [1.82, 2.24) is 0 Å². The molecule has 0 unspecified atom stereocenters. The van der Waals surface area contributed by atoms with Crippen LogP contribution in [0.5, 0.6) is 5.75 Å². The van der Waals surface area contributed by atoms with Crippen molar-refractivity contribution in [2.45, 2.75) is 37.7 Å². The van der Waals surface area contributed by atoms with E-state index in [0.29, 0.717) is 10.2 Å². The molecule has 0 atom stereocenters. The van der Waals surface area contributed by atoms with E-state index in [0.717, 1.165) is 32.1 Å². The zero-order valence-corrected chi connectivity index (χ0v) is 12.1. The topological polar surface area (TPSA) is 66.8 Å². The third-order valence-corrected chi connectivity index (χ3v) is 4.15. The van der Waals surface area contributed by atoms with Crippen LogP contribution in [-0.4, -0.2) is 28.4 Å². The van der Waals surface area contributed by atoms with Crippen molar-refractivity contribution in [2.24, 2.45) is 0 Å². The molecule has 0 heterocycles. The number of carbonyl (C=O) groups is 1. The van der Waals surface area contributed by atoms with Crippen LogP contribution < -0.4 is 4.74 Å². The number of aromatic carboxylic acids is 1. The number of carboxylic acid groups (broad SMARTS) is 1. The van der Waals surface area contributed by atoms with E-state index >= 15 is 0 Å². The second-order valence-corrected chi connectivity index (χ2v) is 5.87. The van der Waals surface area contributed by atoms with Crippen molar-refractivity contribution in [1.29, 1.82) is 0 Å². The Hall–Kier alpha value is -1.07. The fraction of sp³-hybridized carbons (Fsp3) is 0.500. The molecular weight excluding hydrogens is 312 g/mol. The van der Waals surface area contributed by atoms with E-state index in [1.165, 1.54) is 6.07 Å². The summed E-state index contributed by atoms with van der Waals surface area (Å²) in [7, 11) is 0. The van der Waals surface area contributed by atoms with Crippen molar-refractivity contribution in [3.63, 3.8) is 0 Å². The van der Waals surface area contributed by atoms with Crippen LogP contribution in [-0.2, 0) is 0 Å². The van der Waals surface area contributed by atoms with E-state index in [-0.39, 0.29) is 12.2 Å². The summed E-state index contributed by atoms with van der Waals surface area (Å²) >= 11 is 3.18. The zero-order valence-electron chi connectivity index (χ0n) is 10.6. The largest absolute Gasteiger partial charge is 0.491 e. The molecule has 2 N–H and O–H groups in total. The molecule has 4 nitrogen and oxygen atoms in total. The third kappa shape index (κ3) is 3.70. The molecule has 19 heavy (non-hydrogen) atoms. The summed E-state index contributed by atoms with van der Waals surface area (Å²) in [5.74, 6) is -0.534. The van der Waals surface area contributed by atoms with Gasteiger partial charge in [-0.25, -0.2) is 4.79 Å². The van der Waals surface area contributed by atoms with Gasteiger partial charge in [0.2, 0.25) is 0 Å². The van der Waals surface area contributed by atoms with Crippen LogP contribution in [0.1, 0.15) is 42.5 Å². The summed E-state index contributed by atoms with van der Waals surface area (Å²) in [5.41, 5.74) is -0.609. The van der Waals surface area contributed by atoms with Gasteiger partial charge >= 0.3 is 5.97 Å². The summed E-state index contributed by atoms with van der Waals surface area (Å²) in [6.07, 6.45) is 4.68. The Morgan fingerprint density at radius 3 is 2.63 bits per heavy atom. The Morgan fingerprint density at radius 1 is 1.32 bits per heavy atom. The fourth-order valence-corrected chi connectivity index (χ4v) is 2.75. The highest BCUT2D eigenvalue weighted by Gasteiger charge is 2.30. The first kappa shape index (κ1) is 14.3. The molecule has 0 spiro atoms. The van der Waals surface area contributed by atoms with Crippen LogP contribution in [0, 0.1) is 0 Å². The van der Waals surface area contributed by atoms with Crippen LogP contribution in [0.2, 0.25) is 0 Å². The van der Waals surface area contributed by atoms with Crippen molar-refractivity contribution >= 4 is 21.9 Å². The summed E-state index contributed by atoms with van der Waals surface area (Å²) < 4.78 is 6.08. The van der Waals surface area contributed by atoms with Crippen molar-refractivity contribution in [2.75, 3.05) is 6.61 Å². The van der Waals surface area contributed by atoms with Gasteiger partial charge in [0, 0.05) is 4.47 Å². The number of halogens is 1. The van der Waals surface area contributed by atoms with Gasteiger partial charge in [0.25, 0.3) is 0 Å². The van der Waals surface area contributed by atoms with E-state index in [2.05, 4.69) is 15.9 Å². The SMILES string of the molecule is O=C(O)c1cc(OCC2(O)CCCCC2)ccc1Br. The number of carboxylic acids is 1. The minimum absolute atomic E-state index is 0.160. The molecule has 1 fully saturated rings. The van der Waals surface area contributed by atoms with Crippen molar-refractivity contribution in [3.05, 3.63) is 28.2 Å². The molecule has 0 aromatic heterocycles. The van der Waals surface area contributed by atoms with Crippen LogP contribution in [0.25, 0.3) is 0 Å². The predicted octanol–water partition coefficient (Wildman–Crippen LogP) is 3.22. The highest BCUT2D eigenvalue weighted by atomic mass is 79.9. The molecule has 0 saturated heterocycles. The van der Waals surface area contributed by atoms with Gasteiger partial charge < -0.3 is 14.9 Å². The Bertz CT molecular complexity index is 467. The zero-order chi connectivity index (χ0) is 13.9. The first-order chi connectivity index (χ1) is 9.00. The highest BCUT2D eigenvalue weighted by Crippen LogP contribution is 2.29. The van der Waals surface area contributed by atoms with Gasteiger partial charge in [0.1, 0.15) is 12.4 Å². The van der Waals surface area contributed by atoms with Gasteiger partial charge in [-0.2, -0.15) is 0 Å². The van der Waals surface area contributed by atoms with Gasteiger partial charge in [-0.3, -0.25) is 0 Å². The first-order valence-corrected chi connectivity index (χ1v) is 7.17. The van der Waals surface area contributed by atoms with Crippen molar-refractivity contribution in [3.8, 4) is 5.75 Å². The van der Waals surface area contributed by atoms with E-state index < -0.39 is 11.6 Å². The molecule has 0 amide bonds. The molecule has 0 aliphatic heterocycles. The average molecular weight is 329 g/mol. The monoisotopic (exact) mass is 328 g/mol. The minimum Gasteiger partial charge on any atom is -0.491 e. The van der Waals surface area contributed by atoms with Crippen LogP contribution in [0.4, 0.5) is 0 Å². The minimum atomic E-state index is -1.01. The van der Waals surface area contributed by atoms with Crippen LogP contribution in [0.3, 0.4) is 0 Å². The second-order valence-electron chi connectivity index (χ2n) is 5.02. The summed E-state index contributed by atoms with van der Waals surface area (Å²) in [5, 5.41) is 19.3. The summed E-state index contributed by atoms with van der Waals surface area (Å²) in [6.45, 7) is 0.216. The average Bonchev–Trinajstić information content (AvgIpc) is 2.38. The maximum atomic E-state index is 11.0. The normalized spacial score (nSPS) is 18.0. The first-order valence-electron chi connectivity index (χ1n) is 6.38. The maximum Gasteiger partial charge on any atom is 0.336 e. The predicted molar refractivity (Wildman–Crippen MR) is 74.6 cm³/mol. The Morgan fingerprint density at radius 2 is 2.00 bits per heavy atom. The van der Waals surface area contributed by atoms with Crippen molar-refractivity contribution < 1.29 is 19.7 Å². The lowest BCUT2D eigenvalue weighted by Gasteiger charge is -2.31. The summed E-state index contributed by atoms with van der Waals surface area (Å²) in [4.78, 5) is 11.0.